The molecule has 22 heavy (non-hydrogen) atoms. The van der Waals surface area contributed by atoms with Crippen LogP contribution in [0.3, 0.4) is 0 Å². The fourth-order valence-corrected chi connectivity index (χ4v) is 3.95. The second-order valence-corrected chi connectivity index (χ2v) is 6.62. The Labute approximate surface area is 136 Å². The largest absolute Gasteiger partial charge is 0.481 e. The number of ether oxygens (including phenoxy) is 1. The summed E-state index contributed by atoms with van der Waals surface area (Å²) >= 11 is 6.47. The van der Waals surface area contributed by atoms with Crippen LogP contribution in [0.1, 0.15) is 37.7 Å². The number of morpholine rings is 1. The van der Waals surface area contributed by atoms with Crippen LogP contribution in [0.2, 0.25) is 5.02 Å². The molecule has 120 valence electrons. The summed E-state index contributed by atoms with van der Waals surface area (Å²) in [7, 11) is 0. The Hall–Kier alpha value is -1.26. The van der Waals surface area contributed by atoms with Crippen molar-refractivity contribution in [1.82, 2.24) is 0 Å². The van der Waals surface area contributed by atoms with Crippen molar-refractivity contribution in [2.24, 2.45) is 0 Å². The number of benzene rings is 1. The molecule has 2 fully saturated rings. The van der Waals surface area contributed by atoms with E-state index in [9.17, 15) is 9.90 Å². The number of anilines is 1. The van der Waals surface area contributed by atoms with Crippen LogP contribution in [0.4, 0.5) is 5.69 Å². The van der Waals surface area contributed by atoms with Gasteiger partial charge in [0.2, 0.25) is 0 Å². The number of carboxylic acids is 1. The molecule has 1 aromatic rings. The van der Waals surface area contributed by atoms with Gasteiger partial charge in [-0.25, -0.2) is 0 Å². The summed E-state index contributed by atoms with van der Waals surface area (Å²) in [6.45, 7) is 3.06. The van der Waals surface area contributed by atoms with Crippen LogP contribution in [0.5, 0.6) is 0 Å². The van der Waals surface area contributed by atoms with Gasteiger partial charge in [-0.1, -0.05) is 36.9 Å². The van der Waals surface area contributed by atoms with Crippen LogP contribution in [-0.2, 0) is 14.9 Å². The third-order valence-corrected chi connectivity index (χ3v) is 5.27. The van der Waals surface area contributed by atoms with Gasteiger partial charge >= 0.3 is 5.97 Å². The van der Waals surface area contributed by atoms with Crippen molar-refractivity contribution in [3.05, 3.63) is 28.8 Å². The van der Waals surface area contributed by atoms with Crippen LogP contribution in [0, 0.1) is 0 Å². The smallest absolute Gasteiger partial charge is 0.314 e. The lowest BCUT2D eigenvalue weighted by Gasteiger charge is -2.35. The van der Waals surface area contributed by atoms with Gasteiger partial charge in [0.25, 0.3) is 0 Å². The molecule has 4 nitrogen and oxygen atoms in total. The van der Waals surface area contributed by atoms with Gasteiger partial charge in [-0.05, 0) is 30.5 Å². The van der Waals surface area contributed by atoms with E-state index in [1.54, 1.807) is 0 Å². The van der Waals surface area contributed by atoms with Crippen molar-refractivity contribution >= 4 is 23.3 Å². The Morgan fingerprint density at radius 1 is 1.18 bits per heavy atom. The fraction of sp³-hybridized carbons (Fsp3) is 0.588. The molecule has 0 aromatic heterocycles. The first-order chi connectivity index (χ1) is 10.6. The monoisotopic (exact) mass is 323 g/mol. The Bertz CT molecular complexity index is 549. The second kappa shape index (κ2) is 6.47. The highest BCUT2D eigenvalue weighted by molar-refractivity contribution is 6.33. The molecule has 1 saturated heterocycles. The Balaban J connectivity index is 1.91. The predicted molar refractivity (Wildman–Crippen MR) is 86.9 cm³/mol. The topological polar surface area (TPSA) is 49.8 Å². The van der Waals surface area contributed by atoms with Crippen LogP contribution in [0.25, 0.3) is 0 Å². The first-order valence-electron chi connectivity index (χ1n) is 8.00. The molecule has 3 rings (SSSR count). The van der Waals surface area contributed by atoms with Gasteiger partial charge in [-0.2, -0.15) is 0 Å². The van der Waals surface area contributed by atoms with Gasteiger partial charge in [0.1, 0.15) is 0 Å². The lowest BCUT2D eigenvalue weighted by molar-refractivity contribution is -0.145. The zero-order valence-electron chi connectivity index (χ0n) is 12.7. The average molecular weight is 324 g/mol. The highest BCUT2D eigenvalue weighted by atomic mass is 35.5. The summed E-state index contributed by atoms with van der Waals surface area (Å²) in [6.07, 6.45) is 4.46. The molecular formula is C17H22ClNO3. The molecule has 2 aliphatic rings. The molecule has 0 unspecified atom stereocenters. The molecule has 0 amide bonds. The number of rotatable bonds is 3. The Kier molecular flexibility index (Phi) is 4.59. The van der Waals surface area contributed by atoms with Crippen LogP contribution >= 0.6 is 11.6 Å². The van der Waals surface area contributed by atoms with Gasteiger partial charge in [0.15, 0.2) is 0 Å². The Morgan fingerprint density at radius 2 is 1.86 bits per heavy atom. The Morgan fingerprint density at radius 3 is 2.45 bits per heavy atom. The summed E-state index contributed by atoms with van der Waals surface area (Å²) in [5.41, 5.74) is 1.07. The van der Waals surface area contributed by atoms with E-state index in [4.69, 9.17) is 16.3 Å². The third-order valence-electron chi connectivity index (χ3n) is 4.97. The summed E-state index contributed by atoms with van der Waals surface area (Å²) in [5, 5.41) is 10.4. The number of hydrogen-bond acceptors (Lipinski definition) is 3. The zero-order chi connectivity index (χ0) is 15.6. The quantitative estimate of drug-likeness (QED) is 0.925. The molecule has 1 heterocycles. The molecule has 0 bridgehead atoms. The van der Waals surface area contributed by atoms with E-state index < -0.39 is 11.4 Å². The molecule has 1 saturated carbocycles. The first-order valence-corrected chi connectivity index (χ1v) is 8.37. The molecule has 1 N–H and O–H groups in total. The van der Waals surface area contributed by atoms with E-state index in [1.165, 1.54) is 0 Å². The lowest BCUT2D eigenvalue weighted by atomic mass is 9.69. The van der Waals surface area contributed by atoms with Crippen molar-refractivity contribution in [2.45, 2.75) is 37.5 Å². The van der Waals surface area contributed by atoms with Crippen molar-refractivity contribution in [1.29, 1.82) is 0 Å². The van der Waals surface area contributed by atoms with Gasteiger partial charge in [-0.15, -0.1) is 0 Å². The molecular weight excluding hydrogens is 302 g/mol. The van der Waals surface area contributed by atoms with Crippen LogP contribution < -0.4 is 4.90 Å². The molecule has 0 spiro atoms. The number of carbonyl (C=O) groups is 1. The minimum absolute atomic E-state index is 0.644. The number of carboxylic acid groups (broad SMARTS) is 1. The minimum atomic E-state index is -0.759. The van der Waals surface area contributed by atoms with Crippen molar-refractivity contribution in [3.63, 3.8) is 0 Å². The fourth-order valence-electron chi connectivity index (χ4n) is 3.65. The molecule has 1 aromatic carbocycles. The molecule has 5 heteroatoms. The lowest BCUT2D eigenvalue weighted by Crippen LogP contribution is -2.38. The van der Waals surface area contributed by atoms with Gasteiger partial charge < -0.3 is 14.7 Å². The van der Waals surface area contributed by atoms with E-state index in [1.807, 2.05) is 18.2 Å². The van der Waals surface area contributed by atoms with Gasteiger partial charge in [0.05, 0.1) is 29.3 Å². The average Bonchev–Trinajstić information content (AvgIpc) is 2.56. The van der Waals surface area contributed by atoms with E-state index in [0.717, 1.165) is 43.6 Å². The van der Waals surface area contributed by atoms with Crippen molar-refractivity contribution in [3.8, 4) is 0 Å². The number of halogens is 1. The number of hydrogen-bond donors (Lipinski definition) is 1. The zero-order valence-corrected chi connectivity index (χ0v) is 13.4. The summed E-state index contributed by atoms with van der Waals surface area (Å²) in [5.74, 6) is -0.720. The van der Waals surface area contributed by atoms with Gasteiger partial charge in [-0.3, -0.25) is 4.79 Å². The molecule has 0 radical (unpaired) electrons. The molecule has 1 aliphatic heterocycles. The maximum absolute atomic E-state index is 11.9. The normalized spacial score (nSPS) is 21.6. The van der Waals surface area contributed by atoms with E-state index in [2.05, 4.69) is 4.90 Å². The maximum Gasteiger partial charge on any atom is 0.314 e. The highest BCUT2D eigenvalue weighted by Gasteiger charge is 2.41. The van der Waals surface area contributed by atoms with Gasteiger partial charge in [0, 0.05) is 13.1 Å². The predicted octanol–water partition coefficient (Wildman–Crippen LogP) is 3.46. The minimum Gasteiger partial charge on any atom is -0.481 e. The summed E-state index contributed by atoms with van der Waals surface area (Å²) in [4.78, 5) is 14.1. The SMILES string of the molecule is O=C(O)C1(c2ccc(N3CCOCC3)c(Cl)c2)CCCCC1. The van der Waals surface area contributed by atoms with Crippen LogP contribution in [-0.4, -0.2) is 37.4 Å². The van der Waals surface area contributed by atoms with Crippen molar-refractivity contribution in [2.75, 3.05) is 31.2 Å². The number of aliphatic carboxylic acids is 1. The van der Waals surface area contributed by atoms with Crippen LogP contribution in [0.15, 0.2) is 18.2 Å². The summed E-state index contributed by atoms with van der Waals surface area (Å²) < 4.78 is 5.36. The number of nitrogens with zero attached hydrogens (tertiary/aromatic N) is 1. The second-order valence-electron chi connectivity index (χ2n) is 6.21. The standard InChI is InChI=1S/C17H22ClNO3/c18-14-12-13(17(16(20)21)6-2-1-3-7-17)4-5-15(14)19-8-10-22-11-9-19/h4-5,12H,1-3,6-11H2,(H,20,21). The summed E-state index contributed by atoms with van der Waals surface area (Å²) in [6, 6.07) is 5.80. The highest BCUT2D eigenvalue weighted by Crippen LogP contribution is 2.42. The van der Waals surface area contributed by atoms with E-state index in [0.29, 0.717) is 31.1 Å². The first kappa shape index (κ1) is 15.6. The third kappa shape index (κ3) is 2.82. The van der Waals surface area contributed by atoms with E-state index in [-0.39, 0.29) is 0 Å². The molecule has 1 aliphatic carbocycles. The van der Waals surface area contributed by atoms with Crippen molar-refractivity contribution < 1.29 is 14.6 Å². The maximum atomic E-state index is 11.9. The molecule has 0 atom stereocenters. The van der Waals surface area contributed by atoms with E-state index >= 15 is 0 Å².